The molecule has 0 unspecified atom stereocenters. The van der Waals surface area contributed by atoms with Gasteiger partial charge in [0.15, 0.2) is 0 Å². The van der Waals surface area contributed by atoms with Gasteiger partial charge in [-0.05, 0) is 19.1 Å². The molecule has 1 amide bonds. The predicted octanol–water partition coefficient (Wildman–Crippen LogP) is 0.929. The molecule has 1 aliphatic heterocycles. The number of amides is 1. The number of nitrogens with one attached hydrogen (secondary N) is 2. The van der Waals surface area contributed by atoms with E-state index < -0.39 is 0 Å². The molecule has 1 saturated heterocycles. The smallest absolute Gasteiger partial charge is 0.238 e. The van der Waals surface area contributed by atoms with Gasteiger partial charge >= 0.3 is 0 Å². The summed E-state index contributed by atoms with van der Waals surface area (Å²) in [6.07, 6.45) is 0. The summed E-state index contributed by atoms with van der Waals surface area (Å²) in [5, 5.41) is 6.18. The van der Waals surface area contributed by atoms with Crippen LogP contribution in [0.2, 0.25) is 0 Å². The Balaban J connectivity index is 1.85. The fourth-order valence-electron chi connectivity index (χ4n) is 2.10. The number of carbonyl (C=O) groups is 1. The van der Waals surface area contributed by atoms with Crippen molar-refractivity contribution in [3.8, 4) is 5.75 Å². The molecule has 0 radical (unpaired) electrons. The predicted molar refractivity (Wildman–Crippen MR) is 75.6 cm³/mol. The third-order valence-electron chi connectivity index (χ3n) is 3.01. The molecule has 5 heteroatoms. The number of piperazine rings is 1. The first-order valence-corrected chi connectivity index (χ1v) is 6.73. The highest BCUT2D eigenvalue weighted by Gasteiger charge is 2.13. The number of hydrogen-bond donors (Lipinski definition) is 2. The number of nitrogens with zero attached hydrogens (tertiary/aromatic N) is 1. The van der Waals surface area contributed by atoms with Crippen LogP contribution in [-0.4, -0.2) is 50.1 Å². The fourth-order valence-corrected chi connectivity index (χ4v) is 2.10. The molecule has 2 N–H and O–H groups in total. The van der Waals surface area contributed by atoms with Crippen molar-refractivity contribution in [3.63, 3.8) is 0 Å². The molecule has 1 fully saturated rings. The van der Waals surface area contributed by atoms with Crippen molar-refractivity contribution in [2.75, 3.05) is 44.6 Å². The van der Waals surface area contributed by atoms with E-state index in [4.69, 9.17) is 4.74 Å². The van der Waals surface area contributed by atoms with Crippen LogP contribution in [0.4, 0.5) is 5.69 Å². The van der Waals surface area contributed by atoms with Gasteiger partial charge in [0.25, 0.3) is 0 Å². The molecule has 1 heterocycles. The Kier molecular flexibility index (Phi) is 5.18. The topological polar surface area (TPSA) is 53.6 Å². The maximum absolute atomic E-state index is 11.9. The van der Waals surface area contributed by atoms with E-state index in [1.807, 2.05) is 31.2 Å². The largest absolute Gasteiger partial charge is 0.494 e. The van der Waals surface area contributed by atoms with E-state index in [9.17, 15) is 4.79 Å². The van der Waals surface area contributed by atoms with Crippen molar-refractivity contribution in [1.29, 1.82) is 0 Å². The molecule has 0 aromatic heterocycles. The van der Waals surface area contributed by atoms with Gasteiger partial charge in [0, 0.05) is 37.9 Å². The third-order valence-corrected chi connectivity index (χ3v) is 3.01. The fraction of sp³-hybridized carbons (Fsp3) is 0.500. The zero-order valence-electron chi connectivity index (χ0n) is 11.3. The van der Waals surface area contributed by atoms with Gasteiger partial charge in [0.2, 0.25) is 5.91 Å². The summed E-state index contributed by atoms with van der Waals surface area (Å²) in [5.74, 6) is 0.804. The quantitative estimate of drug-likeness (QED) is 0.830. The zero-order valence-corrected chi connectivity index (χ0v) is 11.3. The van der Waals surface area contributed by atoms with Gasteiger partial charge in [-0.25, -0.2) is 0 Å². The Hall–Kier alpha value is -1.59. The Morgan fingerprint density at radius 3 is 2.95 bits per heavy atom. The first-order chi connectivity index (χ1) is 9.28. The van der Waals surface area contributed by atoms with E-state index in [1.54, 1.807) is 0 Å². The average molecular weight is 263 g/mol. The molecule has 0 spiro atoms. The molecule has 1 aliphatic rings. The molecule has 0 saturated carbocycles. The van der Waals surface area contributed by atoms with E-state index in [0.717, 1.165) is 37.6 Å². The summed E-state index contributed by atoms with van der Waals surface area (Å²) < 4.78 is 5.41. The number of rotatable bonds is 5. The number of hydrogen-bond acceptors (Lipinski definition) is 4. The van der Waals surface area contributed by atoms with Crippen molar-refractivity contribution in [2.45, 2.75) is 6.92 Å². The van der Waals surface area contributed by atoms with Crippen LogP contribution in [0.5, 0.6) is 5.75 Å². The number of anilines is 1. The molecular weight excluding hydrogens is 242 g/mol. The molecule has 1 aromatic carbocycles. The minimum atomic E-state index is 0.0237. The van der Waals surface area contributed by atoms with Crippen molar-refractivity contribution in [3.05, 3.63) is 24.3 Å². The van der Waals surface area contributed by atoms with Crippen LogP contribution in [0.1, 0.15) is 6.92 Å². The maximum Gasteiger partial charge on any atom is 0.238 e. The lowest BCUT2D eigenvalue weighted by Gasteiger charge is -2.26. The van der Waals surface area contributed by atoms with Crippen LogP contribution in [0.15, 0.2) is 24.3 Å². The molecule has 0 atom stereocenters. The van der Waals surface area contributed by atoms with E-state index in [-0.39, 0.29) is 5.91 Å². The van der Waals surface area contributed by atoms with Gasteiger partial charge in [0.1, 0.15) is 5.75 Å². The van der Waals surface area contributed by atoms with Gasteiger partial charge < -0.3 is 15.4 Å². The Morgan fingerprint density at radius 2 is 2.21 bits per heavy atom. The van der Waals surface area contributed by atoms with Crippen LogP contribution in [0, 0.1) is 0 Å². The molecule has 0 aliphatic carbocycles. The van der Waals surface area contributed by atoms with E-state index in [1.165, 1.54) is 0 Å². The normalized spacial score (nSPS) is 16.1. The SMILES string of the molecule is CCOc1cccc(NC(=O)CN2CCNCC2)c1. The van der Waals surface area contributed by atoms with Crippen LogP contribution >= 0.6 is 0 Å². The first-order valence-electron chi connectivity index (χ1n) is 6.73. The first kappa shape index (κ1) is 13.8. The monoisotopic (exact) mass is 263 g/mol. The van der Waals surface area contributed by atoms with Gasteiger partial charge in [0.05, 0.1) is 13.2 Å². The summed E-state index contributed by atoms with van der Waals surface area (Å²) in [5.41, 5.74) is 0.783. The highest BCUT2D eigenvalue weighted by atomic mass is 16.5. The van der Waals surface area contributed by atoms with Crippen LogP contribution in [0.25, 0.3) is 0 Å². The lowest BCUT2D eigenvalue weighted by molar-refractivity contribution is -0.117. The molecule has 1 aromatic rings. The van der Waals surface area contributed by atoms with Crippen LogP contribution in [-0.2, 0) is 4.79 Å². The zero-order chi connectivity index (χ0) is 13.5. The summed E-state index contributed by atoms with van der Waals surface area (Å²) in [6.45, 7) is 6.76. The summed E-state index contributed by atoms with van der Waals surface area (Å²) in [6, 6.07) is 7.48. The molecular formula is C14H21N3O2. The van der Waals surface area contributed by atoms with Gasteiger partial charge in [-0.3, -0.25) is 9.69 Å². The van der Waals surface area contributed by atoms with Crippen LogP contribution < -0.4 is 15.4 Å². The molecule has 5 nitrogen and oxygen atoms in total. The number of benzene rings is 1. The van der Waals surface area contributed by atoms with Crippen molar-refractivity contribution >= 4 is 11.6 Å². The molecule has 104 valence electrons. The molecule has 2 rings (SSSR count). The van der Waals surface area contributed by atoms with Crippen molar-refractivity contribution < 1.29 is 9.53 Å². The second-order valence-electron chi connectivity index (χ2n) is 4.54. The van der Waals surface area contributed by atoms with Crippen molar-refractivity contribution in [2.24, 2.45) is 0 Å². The summed E-state index contributed by atoms with van der Waals surface area (Å²) >= 11 is 0. The summed E-state index contributed by atoms with van der Waals surface area (Å²) in [4.78, 5) is 14.1. The summed E-state index contributed by atoms with van der Waals surface area (Å²) in [7, 11) is 0. The highest BCUT2D eigenvalue weighted by molar-refractivity contribution is 5.92. The highest BCUT2D eigenvalue weighted by Crippen LogP contribution is 2.17. The minimum Gasteiger partial charge on any atom is -0.494 e. The Bertz CT molecular complexity index is 417. The minimum absolute atomic E-state index is 0.0237. The van der Waals surface area contributed by atoms with E-state index in [2.05, 4.69) is 15.5 Å². The Morgan fingerprint density at radius 1 is 1.42 bits per heavy atom. The maximum atomic E-state index is 11.9. The lowest BCUT2D eigenvalue weighted by atomic mass is 10.3. The van der Waals surface area contributed by atoms with Gasteiger partial charge in [-0.1, -0.05) is 6.07 Å². The second kappa shape index (κ2) is 7.11. The molecule has 0 bridgehead atoms. The number of carbonyl (C=O) groups excluding carboxylic acids is 1. The van der Waals surface area contributed by atoms with E-state index >= 15 is 0 Å². The standard InChI is InChI=1S/C14H21N3O2/c1-2-19-13-5-3-4-12(10-13)16-14(18)11-17-8-6-15-7-9-17/h3-5,10,15H,2,6-9,11H2,1H3,(H,16,18). The van der Waals surface area contributed by atoms with Crippen molar-refractivity contribution in [1.82, 2.24) is 10.2 Å². The Labute approximate surface area is 113 Å². The molecule has 19 heavy (non-hydrogen) atoms. The van der Waals surface area contributed by atoms with Gasteiger partial charge in [-0.15, -0.1) is 0 Å². The number of ether oxygens (including phenoxy) is 1. The lowest BCUT2D eigenvalue weighted by Crippen LogP contribution is -2.46. The van der Waals surface area contributed by atoms with Crippen LogP contribution in [0.3, 0.4) is 0 Å². The van der Waals surface area contributed by atoms with E-state index in [0.29, 0.717) is 13.2 Å². The third kappa shape index (κ3) is 4.54. The van der Waals surface area contributed by atoms with Gasteiger partial charge in [-0.2, -0.15) is 0 Å². The average Bonchev–Trinajstić information content (AvgIpc) is 2.40. The second-order valence-corrected chi connectivity index (χ2v) is 4.54.